The molecule has 0 aromatic carbocycles. The Morgan fingerprint density at radius 2 is 2.11 bits per heavy atom. The Kier molecular flexibility index (Phi) is 3.52. The Morgan fingerprint density at radius 3 is 2.95 bits per heavy atom. The lowest BCUT2D eigenvalue weighted by Crippen LogP contribution is -2.14. The third-order valence-corrected chi connectivity index (χ3v) is 3.21. The average molecular weight is 318 g/mol. The van der Waals surface area contributed by atoms with Crippen LogP contribution in [0.2, 0.25) is 0 Å². The third-order valence-electron chi connectivity index (χ3n) is 2.80. The smallest absolute Gasteiger partial charge is 0.155 e. The zero-order chi connectivity index (χ0) is 13.1. The van der Waals surface area contributed by atoms with E-state index in [-0.39, 0.29) is 0 Å². The first-order valence-electron chi connectivity index (χ1n) is 5.90. The molecule has 0 bridgehead atoms. The Morgan fingerprint density at radius 1 is 1.16 bits per heavy atom. The number of hydrogen-bond donors (Lipinski definition) is 1. The molecule has 0 unspecified atom stereocenters. The molecular weight excluding hydrogens is 306 g/mol. The summed E-state index contributed by atoms with van der Waals surface area (Å²) in [6, 6.07) is 3.99. The van der Waals surface area contributed by atoms with Gasteiger partial charge in [-0.05, 0) is 27.6 Å². The molecule has 0 fully saturated rings. The number of halogens is 1. The highest BCUT2D eigenvalue weighted by atomic mass is 79.9. The van der Waals surface area contributed by atoms with E-state index in [1.54, 1.807) is 12.4 Å². The van der Waals surface area contributed by atoms with Crippen LogP contribution in [-0.2, 0) is 13.1 Å². The van der Waals surface area contributed by atoms with Gasteiger partial charge in [0.05, 0.1) is 18.1 Å². The first kappa shape index (κ1) is 12.3. The summed E-state index contributed by atoms with van der Waals surface area (Å²) >= 11 is 3.37. The molecule has 0 radical (unpaired) electrons. The maximum atomic E-state index is 4.31. The van der Waals surface area contributed by atoms with Crippen molar-refractivity contribution >= 4 is 21.6 Å². The maximum absolute atomic E-state index is 4.31. The molecule has 5 nitrogen and oxygen atoms in total. The molecule has 0 amide bonds. The topological polar surface area (TPSA) is 55.1 Å². The van der Waals surface area contributed by atoms with Crippen LogP contribution in [0.4, 0.5) is 0 Å². The SMILES string of the molecule is Brc1cn2c(CNCc3cccnc3)cnc2cn1. The fourth-order valence-corrected chi connectivity index (χ4v) is 2.19. The van der Waals surface area contributed by atoms with E-state index in [1.807, 2.05) is 29.1 Å². The molecule has 3 aromatic heterocycles. The van der Waals surface area contributed by atoms with Crippen LogP contribution in [0.5, 0.6) is 0 Å². The van der Waals surface area contributed by atoms with Crippen molar-refractivity contribution in [2.45, 2.75) is 13.1 Å². The molecule has 0 saturated carbocycles. The lowest BCUT2D eigenvalue weighted by molar-refractivity contribution is 0.673. The molecule has 0 aliphatic carbocycles. The van der Waals surface area contributed by atoms with Crippen LogP contribution >= 0.6 is 15.9 Å². The van der Waals surface area contributed by atoms with E-state index < -0.39 is 0 Å². The van der Waals surface area contributed by atoms with Crippen molar-refractivity contribution in [2.24, 2.45) is 0 Å². The van der Waals surface area contributed by atoms with Crippen molar-refractivity contribution in [2.75, 3.05) is 0 Å². The number of imidazole rings is 1. The minimum absolute atomic E-state index is 0.743. The fourth-order valence-electron chi connectivity index (χ4n) is 1.88. The molecule has 0 spiro atoms. The fraction of sp³-hybridized carbons (Fsp3) is 0.154. The van der Waals surface area contributed by atoms with Crippen molar-refractivity contribution < 1.29 is 0 Å². The van der Waals surface area contributed by atoms with Crippen LogP contribution in [0.1, 0.15) is 11.3 Å². The molecule has 0 aliphatic heterocycles. The van der Waals surface area contributed by atoms with Gasteiger partial charge in [-0.1, -0.05) is 6.07 Å². The van der Waals surface area contributed by atoms with Gasteiger partial charge < -0.3 is 5.32 Å². The summed E-state index contributed by atoms with van der Waals surface area (Å²) in [5, 5.41) is 3.38. The average Bonchev–Trinajstić information content (AvgIpc) is 2.83. The van der Waals surface area contributed by atoms with Gasteiger partial charge in [-0.15, -0.1) is 0 Å². The first-order chi connectivity index (χ1) is 9.33. The summed E-state index contributed by atoms with van der Waals surface area (Å²) < 4.78 is 2.82. The van der Waals surface area contributed by atoms with E-state index in [0.29, 0.717) is 0 Å². The third kappa shape index (κ3) is 2.80. The van der Waals surface area contributed by atoms with E-state index in [1.165, 1.54) is 5.56 Å². The summed E-state index contributed by atoms with van der Waals surface area (Å²) in [4.78, 5) is 12.6. The van der Waals surface area contributed by atoms with Crippen LogP contribution in [0.25, 0.3) is 5.65 Å². The number of nitrogens with one attached hydrogen (secondary N) is 1. The van der Waals surface area contributed by atoms with E-state index >= 15 is 0 Å². The molecule has 0 aliphatic rings. The standard InChI is InChI=1S/C13H12BrN5/c14-12-9-19-11(7-18-13(19)8-17-12)6-16-5-10-2-1-3-15-4-10/h1-4,7-9,16H,5-6H2. The van der Waals surface area contributed by atoms with Crippen LogP contribution in [-0.4, -0.2) is 19.4 Å². The Bertz CT molecular complexity index is 680. The second-order valence-electron chi connectivity index (χ2n) is 4.15. The molecule has 3 rings (SSSR count). The van der Waals surface area contributed by atoms with E-state index in [2.05, 4.69) is 42.3 Å². The minimum atomic E-state index is 0.743. The summed E-state index contributed by atoms with van der Waals surface area (Å²) in [5.41, 5.74) is 3.11. The molecule has 0 atom stereocenters. The van der Waals surface area contributed by atoms with Gasteiger partial charge in [-0.2, -0.15) is 0 Å². The number of rotatable bonds is 4. The predicted octanol–water partition coefficient (Wildman–Crippen LogP) is 2.18. The van der Waals surface area contributed by atoms with E-state index in [9.17, 15) is 0 Å². The monoisotopic (exact) mass is 317 g/mol. The van der Waals surface area contributed by atoms with Gasteiger partial charge in [-0.25, -0.2) is 9.97 Å². The number of fused-ring (bicyclic) bond motifs is 1. The highest BCUT2D eigenvalue weighted by molar-refractivity contribution is 9.10. The molecule has 3 heterocycles. The lowest BCUT2D eigenvalue weighted by Gasteiger charge is -2.04. The summed E-state index contributed by atoms with van der Waals surface area (Å²) in [6.07, 6.45) is 9.16. The molecule has 1 N–H and O–H groups in total. The number of aromatic nitrogens is 4. The van der Waals surface area contributed by atoms with Gasteiger partial charge in [0, 0.05) is 31.7 Å². The van der Waals surface area contributed by atoms with Crippen LogP contribution in [0, 0.1) is 0 Å². The normalized spacial score (nSPS) is 11.0. The number of pyridine rings is 1. The van der Waals surface area contributed by atoms with Crippen molar-refractivity contribution in [3.63, 3.8) is 0 Å². The number of hydrogen-bond acceptors (Lipinski definition) is 4. The quantitative estimate of drug-likeness (QED) is 0.801. The van der Waals surface area contributed by atoms with Crippen molar-refractivity contribution in [3.05, 3.63) is 59.0 Å². The largest absolute Gasteiger partial charge is 0.307 e. The Hall–Kier alpha value is -1.79. The second kappa shape index (κ2) is 5.46. The summed E-state index contributed by atoms with van der Waals surface area (Å²) in [5.74, 6) is 0. The molecule has 0 saturated heterocycles. The molecule has 3 aromatic rings. The van der Waals surface area contributed by atoms with Crippen LogP contribution < -0.4 is 5.32 Å². The van der Waals surface area contributed by atoms with Gasteiger partial charge >= 0.3 is 0 Å². The second-order valence-corrected chi connectivity index (χ2v) is 4.97. The van der Waals surface area contributed by atoms with Gasteiger partial charge in [0.2, 0.25) is 0 Å². The zero-order valence-electron chi connectivity index (χ0n) is 10.1. The highest BCUT2D eigenvalue weighted by Gasteiger charge is 2.03. The predicted molar refractivity (Wildman–Crippen MR) is 75.5 cm³/mol. The summed E-state index contributed by atoms with van der Waals surface area (Å²) in [6.45, 7) is 1.53. The van der Waals surface area contributed by atoms with Gasteiger partial charge in [-0.3, -0.25) is 9.38 Å². The number of nitrogens with zero attached hydrogens (tertiary/aromatic N) is 4. The van der Waals surface area contributed by atoms with Gasteiger partial charge in [0.25, 0.3) is 0 Å². The first-order valence-corrected chi connectivity index (χ1v) is 6.69. The zero-order valence-corrected chi connectivity index (χ0v) is 11.7. The Labute approximate surface area is 118 Å². The van der Waals surface area contributed by atoms with Crippen molar-refractivity contribution in [1.82, 2.24) is 24.7 Å². The minimum Gasteiger partial charge on any atom is -0.307 e. The molecular formula is C13H12BrN5. The van der Waals surface area contributed by atoms with Gasteiger partial charge in [0.15, 0.2) is 5.65 Å². The Balaban J connectivity index is 1.70. The van der Waals surface area contributed by atoms with E-state index in [4.69, 9.17) is 0 Å². The van der Waals surface area contributed by atoms with Crippen LogP contribution in [0.15, 0.2) is 47.7 Å². The van der Waals surface area contributed by atoms with Crippen molar-refractivity contribution in [3.8, 4) is 0 Å². The van der Waals surface area contributed by atoms with E-state index in [0.717, 1.165) is 29.0 Å². The van der Waals surface area contributed by atoms with Crippen LogP contribution in [0.3, 0.4) is 0 Å². The van der Waals surface area contributed by atoms with Gasteiger partial charge in [0.1, 0.15) is 4.60 Å². The lowest BCUT2D eigenvalue weighted by atomic mass is 10.3. The molecule has 96 valence electrons. The molecule has 19 heavy (non-hydrogen) atoms. The molecule has 6 heteroatoms. The highest BCUT2D eigenvalue weighted by Crippen LogP contribution is 2.10. The van der Waals surface area contributed by atoms with Crippen molar-refractivity contribution in [1.29, 1.82) is 0 Å². The maximum Gasteiger partial charge on any atom is 0.155 e. The summed E-state index contributed by atoms with van der Waals surface area (Å²) in [7, 11) is 0.